The lowest BCUT2D eigenvalue weighted by Gasteiger charge is -2.32. The van der Waals surface area contributed by atoms with Gasteiger partial charge in [0.25, 0.3) is 0 Å². The molecule has 0 aromatic heterocycles. The van der Waals surface area contributed by atoms with Crippen molar-refractivity contribution in [3.8, 4) is 0 Å². The molecule has 0 unspecified atom stereocenters. The standard InChI is InChI=1S/C9H12O4/c1-6-4-2-3-5-9(6,7(10)11)8(12)13/h2-3,6H,4-5H2,1H3,(H,10,11)(H,12,13)/t6-/m1/s1. The minimum atomic E-state index is -1.62. The largest absolute Gasteiger partial charge is 0.480 e. The van der Waals surface area contributed by atoms with Gasteiger partial charge in [0, 0.05) is 0 Å². The van der Waals surface area contributed by atoms with Gasteiger partial charge in [0.15, 0.2) is 5.41 Å². The molecule has 13 heavy (non-hydrogen) atoms. The quantitative estimate of drug-likeness (QED) is 0.498. The Labute approximate surface area is 75.9 Å². The zero-order valence-corrected chi connectivity index (χ0v) is 7.36. The number of carboxylic acid groups (broad SMARTS) is 2. The molecule has 0 aliphatic heterocycles. The highest BCUT2D eigenvalue weighted by Crippen LogP contribution is 2.38. The Kier molecular flexibility index (Phi) is 2.40. The van der Waals surface area contributed by atoms with Crippen molar-refractivity contribution >= 4 is 11.9 Å². The summed E-state index contributed by atoms with van der Waals surface area (Å²) in [5, 5.41) is 17.8. The van der Waals surface area contributed by atoms with Crippen molar-refractivity contribution in [3.63, 3.8) is 0 Å². The summed E-state index contributed by atoms with van der Waals surface area (Å²) in [6.45, 7) is 1.66. The SMILES string of the molecule is C[C@@H]1CC=CCC1(C(=O)O)C(=O)O. The van der Waals surface area contributed by atoms with Crippen LogP contribution in [0.3, 0.4) is 0 Å². The molecule has 4 nitrogen and oxygen atoms in total. The summed E-state index contributed by atoms with van der Waals surface area (Å²) in [5.74, 6) is -2.83. The first-order chi connectivity index (χ1) is 6.01. The van der Waals surface area contributed by atoms with E-state index in [2.05, 4.69) is 0 Å². The van der Waals surface area contributed by atoms with Gasteiger partial charge in [-0.15, -0.1) is 0 Å². The van der Waals surface area contributed by atoms with E-state index < -0.39 is 17.4 Å². The molecule has 0 amide bonds. The van der Waals surface area contributed by atoms with Gasteiger partial charge < -0.3 is 10.2 Å². The third-order valence-electron chi connectivity index (χ3n) is 2.70. The smallest absolute Gasteiger partial charge is 0.321 e. The lowest BCUT2D eigenvalue weighted by Crippen LogP contribution is -2.45. The Morgan fingerprint density at radius 2 is 1.85 bits per heavy atom. The van der Waals surface area contributed by atoms with Crippen molar-refractivity contribution in [2.75, 3.05) is 0 Å². The molecule has 2 N–H and O–H groups in total. The topological polar surface area (TPSA) is 74.6 Å². The monoisotopic (exact) mass is 184 g/mol. The molecule has 0 fully saturated rings. The summed E-state index contributed by atoms with van der Waals surface area (Å²) in [7, 11) is 0. The van der Waals surface area contributed by atoms with Gasteiger partial charge in [-0.3, -0.25) is 9.59 Å². The number of hydrogen-bond donors (Lipinski definition) is 2. The van der Waals surface area contributed by atoms with Gasteiger partial charge in [0.05, 0.1) is 0 Å². The second kappa shape index (κ2) is 3.20. The van der Waals surface area contributed by atoms with Crippen LogP contribution in [0.4, 0.5) is 0 Å². The van der Waals surface area contributed by atoms with Gasteiger partial charge in [-0.2, -0.15) is 0 Å². The molecule has 0 heterocycles. The van der Waals surface area contributed by atoms with Crippen LogP contribution < -0.4 is 0 Å². The molecule has 0 aromatic carbocycles. The zero-order chi connectivity index (χ0) is 10.1. The van der Waals surface area contributed by atoms with Gasteiger partial charge >= 0.3 is 11.9 Å². The highest BCUT2D eigenvalue weighted by atomic mass is 16.4. The normalized spacial score (nSPS) is 25.5. The van der Waals surface area contributed by atoms with E-state index in [0.29, 0.717) is 6.42 Å². The third-order valence-corrected chi connectivity index (χ3v) is 2.70. The molecule has 1 atom stereocenters. The second-order valence-electron chi connectivity index (χ2n) is 3.39. The van der Waals surface area contributed by atoms with Gasteiger partial charge in [-0.25, -0.2) is 0 Å². The van der Waals surface area contributed by atoms with E-state index in [4.69, 9.17) is 10.2 Å². The molecule has 1 aliphatic rings. The maximum atomic E-state index is 10.9. The van der Waals surface area contributed by atoms with E-state index in [0.717, 1.165) is 0 Å². The lowest BCUT2D eigenvalue weighted by molar-refractivity contribution is -0.169. The third kappa shape index (κ3) is 1.32. The molecule has 0 radical (unpaired) electrons. The van der Waals surface area contributed by atoms with Crippen LogP contribution in [0.15, 0.2) is 12.2 Å². The van der Waals surface area contributed by atoms with Crippen molar-refractivity contribution in [2.24, 2.45) is 11.3 Å². The van der Waals surface area contributed by atoms with Crippen LogP contribution in [0.1, 0.15) is 19.8 Å². The van der Waals surface area contributed by atoms with E-state index in [1.807, 2.05) is 6.08 Å². The van der Waals surface area contributed by atoms with E-state index in [-0.39, 0.29) is 12.3 Å². The number of allylic oxidation sites excluding steroid dienone is 2. The Morgan fingerprint density at radius 1 is 1.31 bits per heavy atom. The number of carboxylic acids is 2. The van der Waals surface area contributed by atoms with Crippen LogP contribution in [-0.2, 0) is 9.59 Å². The summed E-state index contributed by atoms with van der Waals surface area (Å²) in [5.41, 5.74) is -1.62. The minimum Gasteiger partial charge on any atom is -0.480 e. The first kappa shape index (κ1) is 9.77. The Bertz CT molecular complexity index is 253. The van der Waals surface area contributed by atoms with Gasteiger partial charge in [0.2, 0.25) is 0 Å². The fraction of sp³-hybridized carbons (Fsp3) is 0.556. The zero-order valence-electron chi connectivity index (χ0n) is 7.36. The molecule has 72 valence electrons. The van der Waals surface area contributed by atoms with Crippen molar-refractivity contribution in [1.29, 1.82) is 0 Å². The molecule has 1 rings (SSSR count). The van der Waals surface area contributed by atoms with Crippen molar-refractivity contribution < 1.29 is 19.8 Å². The van der Waals surface area contributed by atoms with Crippen molar-refractivity contribution in [3.05, 3.63) is 12.2 Å². The number of carbonyl (C=O) groups is 2. The highest BCUT2D eigenvalue weighted by Gasteiger charge is 2.50. The molecule has 0 saturated heterocycles. The fourth-order valence-electron chi connectivity index (χ4n) is 1.66. The van der Waals surface area contributed by atoms with Crippen LogP contribution in [-0.4, -0.2) is 22.2 Å². The molecule has 0 saturated carbocycles. The molecule has 4 heteroatoms. The Hall–Kier alpha value is -1.32. The molecular formula is C9H12O4. The molecule has 0 spiro atoms. The first-order valence-electron chi connectivity index (χ1n) is 4.13. The molecule has 0 aromatic rings. The summed E-state index contributed by atoms with van der Waals surface area (Å²) >= 11 is 0. The van der Waals surface area contributed by atoms with Crippen LogP contribution in [0.5, 0.6) is 0 Å². The van der Waals surface area contributed by atoms with E-state index in [9.17, 15) is 9.59 Å². The number of rotatable bonds is 2. The van der Waals surface area contributed by atoms with Crippen LogP contribution in [0.25, 0.3) is 0 Å². The predicted molar refractivity (Wildman–Crippen MR) is 45.2 cm³/mol. The second-order valence-corrected chi connectivity index (χ2v) is 3.39. The number of aliphatic carboxylic acids is 2. The summed E-state index contributed by atoms with van der Waals surface area (Å²) in [6, 6.07) is 0. The fourth-order valence-corrected chi connectivity index (χ4v) is 1.66. The first-order valence-corrected chi connectivity index (χ1v) is 4.13. The predicted octanol–water partition coefficient (Wildman–Crippen LogP) is 1.13. The van der Waals surface area contributed by atoms with E-state index >= 15 is 0 Å². The van der Waals surface area contributed by atoms with Gasteiger partial charge in [-0.1, -0.05) is 19.1 Å². The minimum absolute atomic E-state index is 0.0822. The lowest BCUT2D eigenvalue weighted by atomic mass is 9.69. The average molecular weight is 184 g/mol. The van der Waals surface area contributed by atoms with Crippen LogP contribution >= 0.6 is 0 Å². The summed E-state index contributed by atoms with van der Waals surface area (Å²) in [6.07, 6.45) is 4.05. The summed E-state index contributed by atoms with van der Waals surface area (Å²) < 4.78 is 0. The van der Waals surface area contributed by atoms with Crippen LogP contribution in [0.2, 0.25) is 0 Å². The number of hydrogen-bond acceptors (Lipinski definition) is 2. The maximum absolute atomic E-state index is 10.9. The molecular weight excluding hydrogens is 172 g/mol. The molecule has 0 bridgehead atoms. The average Bonchev–Trinajstić information content (AvgIpc) is 2.04. The van der Waals surface area contributed by atoms with Crippen molar-refractivity contribution in [1.82, 2.24) is 0 Å². The Morgan fingerprint density at radius 3 is 2.15 bits per heavy atom. The van der Waals surface area contributed by atoms with Crippen LogP contribution in [0, 0.1) is 11.3 Å². The maximum Gasteiger partial charge on any atom is 0.321 e. The summed E-state index contributed by atoms with van der Waals surface area (Å²) in [4.78, 5) is 21.8. The van der Waals surface area contributed by atoms with Crippen molar-refractivity contribution in [2.45, 2.75) is 19.8 Å². The van der Waals surface area contributed by atoms with E-state index in [1.165, 1.54) is 0 Å². The molecule has 1 aliphatic carbocycles. The highest BCUT2D eigenvalue weighted by molar-refractivity contribution is 5.99. The van der Waals surface area contributed by atoms with Gasteiger partial charge in [-0.05, 0) is 18.8 Å². The van der Waals surface area contributed by atoms with E-state index in [1.54, 1.807) is 13.0 Å². The van der Waals surface area contributed by atoms with Gasteiger partial charge in [0.1, 0.15) is 0 Å². The Balaban J connectivity index is 3.09.